The molecule has 1 nitrogen and oxygen atoms in total. The van der Waals surface area contributed by atoms with Crippen molar-refractivity contribution in [3.8, 4) is 0 Å². The van der Waals surface area contributed by atoms with Crippen LogP contribution in [0, 0.1) is 0 Å². The Morgan fingerprint density at radius 2 is 1.23 bits per heavy atom. The number of benzene rings is 3. The third-order valence-corrected chi connectivity index (χ3v) is 3.77. The summed E-state index contributed by atoms with van der Waals surface area (Å²) >= 11 is 0. The predicted octanol–water partition coefficient (Wildman–Crippen LogP) is 4.64. The minimum atomic E-state index is -4.82. The van der Waals surface area contributed by atoms with Crippen LogP contribution in [0.2, 0.25) is 0 Å². The molecule has 0 unspecified atom stereocenters. The fourth-order valence-electron chi connectivity index (χ4n) is 2.59. The molecular formula is C18H13F3O. The standard InChI is InChI=1S/C18H13F3O/c19-18(20,21)17(22,15-8-2-1-3-9-15)16-11-10-13-6-4-5-7-14(13)12-16/h1-12,22H/t17-/m0/s1. The van der Waals surface area contributed by atoms with Gasteiger partial charge in [-0.05, 0) is 28.0 Å². The predicted molar refractivity (Wildman–Crippen MR) is 79.4 cm³/mol. The SMILES string of the molecule is O[C@@](c1ccccc1)(c1ccc2ccccc2c1)C(F)(F)F. The minimum absolute atomic E-state index is 0.190. The number of alkyl halides is 3. The van der Waals surface area contributed by atoms with Crippen molar-refractivity contribution in [3.05, 3.63) is 83.9 Å². The van der Waals surface area contributed by atoms with Crippen LogP contribution in [0.15, 0.2) is 72.8 Å². The zero-order chi connectivity index (χ0) is 15.8. The summed E-state index contributed by atoms with van der Waals surface area (Å²) in [6.07, 6.45) is -4.82. The Labute approximate surface area is 125 Å². The van der Waals surface area contributed by atoms with Crippen molar-refractivity contribution in [3.63, 3.8) is 0 Å². The molecule has 0 bridgehead atoms. The number of rotatable bonds is 2. The van der Waals surface area contributed by atoms with Gasteiger partial charge in [0.1, 0.15) is 0 Å². The first-order chi connectivity index (χ1) is 10.4. The monoisotopic (exact) mass is 302 g/mol. The maximum Gasteiger partial charge on any atom is 0.425 e. The Hall–Kier alpha value is -2.33. The molecule has 22 heavy (non-hydrogen) atoms. The molecule has 0 amide bonds. The van der Waals surface area contributed by atoms with Crippen molar-refractivity contribution in [2.45, 2.75) is 11.8 Å². The van der Waals surface area contributed by atoms with Gasteiger partial charge in [0, 0.05) is 0 Å². The molecule has 0 saturated carbocycles. The van der Waals surface area contributed by atoms with Gasteiger partial charge in [0.05, 0.1) is 0 Å². The Kier molecular flexibility index (Phi) is 3.41. The van der Waals surface area contributed by atoms with Crippen LogP contribution in [-0.2, 0) is 5.60 Å². The van der Waals surface area contributed by atoms with Gasteiger partial charge in [0.25, 0.3) is 0 Å². The second-order valence-corrected chi connectivity index (χ2v) is 5.14. The smallest absolute Gasteiger partial charge is 0.372 e. The first kappa shape index (κ1) is 14.6. The molecule has 0 aliphatic carbocycles. The average Bonchev–Trinajstić information content (AvgIpc) is 2.53. The van der Waals surface area contributed by atoms with Gasteiger partial charge in [-0.2, -0.15) is 13.2 Å². The molecule has 0 saturated heterocycles. The Morgan fingerprint density at radius 3 is 1.86 bits per heavy atom. The molecule has 1 atom stereocenters. The van der Waals surface area contributed by atoms with E-state index in [1.54, 1.807) is 24.3 Å². The van der Waals surface area contributed by atoms with Gasteiger partial charge in [-0.25, -0.2) is 0 Å². The van der Waals surface area contributed by atoms with E-state index in [1.165, 1.54) is 36.4 Å². The van der Waals surface area contributed by atoms with E-state index in [0.29, 0.717) is 5.39 Å². The highest BCUT2D eigenvalue weighted by Crippen LogP contribution is 2.44. The lowest BCUT2D eigenvalue weighted by Crippen LogP contribution is -2.43. The first-order valence-electron chi connectivity index (χ1n) is 6.77. The van der Waals surface area contributed by atoms with Crippen molar-refractivity contribution < 1.29 is 18.3 Å². The molecule has 1 N–H and O–H groups in total. The molecule has 3 aromatic rings. The van der Waals surface area contributed by atoms with E-state index in [9.17, 15) is 18.3 Å². The van der Waals surface area contributed by atoms with Crippen molar-refractivity contribution >= 4 is 10.8 Å². The van der Waals surface area contributed by atoms with E-state index >= 15 is 0 Å². The van der Waals surface area contributed by atoms with Gasteiger partial charge < -0.3 is 5.11 Å². The minimum Gasteiger partial charge on any atom is -0.372 e. The van der Waals surface area contributed by atoms with Crippen LogP contribution in [0.1, 0.15) is 11.1 Å². The van der Waals surface area contributed by atoms with Gasteiger partial charge in [-0.15, -0.1) is 0 Å². The molecule has 0 fully saturated rings. The fraction of sp³-hybridized carbons (Fsp3) is 0.111. The summed E-state index contributed by atoms with van der Waals surface area (Å²) < 4.78 is 40.9. The van der Waals surface area contributed by atoms with E-state index in [-0.39, 0.29) is 11.1 Å². The molecule has 0 aliphatic rings. The van der Waals surface area contributed by atoms with Gasteiger partial charge in [0.15, 0.2) is 0 Å². The van der Waals surface area contributed by atoms with Gasteiger partial charge >= 0.3 is 6.18 Å². The molecule has 0 heterocycles. The quantitative estimate of drug-likeness (QED) is 0.731. The fourth-order valence-corrected chi connectivity index (χ4v) is 2.59. The first-order valence-corrected chi connectivity index (χ1v) is 6.77. The van der Waals surface area contributed by atoms with Gasteiger partial charge in [0.2, 0.25) is 5.60 Å². The molecule has 0 aromatic heterocycles. The molecule has 4 heteroatoms. The topological polar surface area (TPSA) is 20.2 Å². The van der Waals surface area contributed by atoms with Crippen LogP contribution >= 0.6 is 0 Å². The molecule has 112 valence electrons. The second kappa shape index (κ2) is 5.14. The third kappa shape index (κ3) is 2.25. The van der Waals surface area contributed by atoms with Crippen LogP contribution in [0.25, 0.3) is 10.8 Å². The summed E-state index contributed by atoms with van der Waals surface area (Å²) in [6, 6.07) is 18.5. The largest absolute Gasteiger partial charge is 0.425 e. The summed E-state index contributed by atoms with van der Waals surface area (Å²) in [6.45, 7) is 0. The Morgan fingerprint density at radius 1 is 0.636 bits per heavy atom. The number of hydrogen-bond acceptors (Lipinski definition) is 1. The van der Waals surface area contributed by atoms with Gasteiger partial charge in [-0.3, -0.25) is 0 Å². The zero-order valence-corrected chi connectivity index (χ0v) is 11.5. The van der Waals surface area contributed by atoms with Crippen molar-refractivity contribution in [2.75, 3.05) is 0 Å². The van der Waals surface area contributed by atoms with Gasteiger partial charge in [-0.1, -0.05) is 66.7 Å². The van der Waals surface area contributed by atoms with Crippen molar-refractivity contribution in [2.24, 2.45) is 0 Å². The molecule has 0 aliphatic heterocycles. The number of aliphatic hydroxyl groups is 1. The number of hydrogen-bond donors (Lipinski definition) is 1. The Bertz CT molecular complexity index is 796. The van der Waals surface area contributed by atoms with E-state index in [0.717, 1.165) is 5.39 Å². The molecule has 0 radical (unpaired) electrons. The van der Waals surface area contributed by atoms with E-state index < -0.39 is 11.8 Å². The molecular weight excluding hydrogens is 289 g/mol. The van der Waals surface area contributed by atoms with Crippen molar-refractivity contribution in [1.82, 2.24) is 0 Å². The highest BCUT2D eigenvalue weighted by molar-refractivity contribution is 5.83. The van der Waals surface area contributed by atoms with Crippen LogP contribution < -0.4 is 0 Å². The summed E-state index contributed by atoms with van der Waals surface area (Å²) in [5.41, 5.74) is -3.42. The number of halogens is 3. The summed E-state index contributed by atoms with van der Waals surface area (Å²) in [5, 5.41) is 12.0. The van der Waals surface area contributed by atoms with Crippen LogP contribution in [-0.4, -0.2) is 11.3 Å². The highest BCUT2D eigenvalue weighted by Gasteiger charge is 2.56. The molecule has 3 aromatic carbocycles. The molecule has 0 spiro atoms. The lowest BCUT2D eigenvalue weighted by atomic mass is 9.84. The van der Waals surface area contributed by atoms with E-state index in [2.05, 4.69) is 0 Å². The average molecular weight is 302 g/mol. The summed E-state index contributed by atoms with van der Waals surface area (Å²) in [4.78, 5) is 0. The third-order valence-electron chi connectivity index (χ3n) is 3.77. The van der Waals surface area contributed by atoms with Crippen LogP contribution in [0.4, 0.5) is 13.2 Å². The normalized spacial score (nSPS) is 14.7. The maximum absolute atomic E-state index is 13.6. The summed E-state index contributed by atoms with van der Waals surface area (Å²) in [7, 11) is 0. The Balaban J connectivity index is 2.25. The van der Waals surface area contributed by atoms with Crippen molar-refractivity contribution in [1.29, 1.82) is 0 Å². The van der Waals surface area contributed by atoms with Crippen LogP contribution in [0.5, 0.6) is 0 Å². The van der Waals surface area contributed by atoms with E-state index in [1.807, 2.05) is 12.1 Å². The number of fused-ring (bicyclic) bond motifs is 1. The second-order valence-electron chi connectivity index (χ2n) is 5.14. The highest BCUT2D eigenvalue weighted by atomic mass is 19.4. The van der Waals surface area contributed by atoms with Crippen LogP contribution in [0.3, 0.4) is 0 Å². The van der Waals surface area contributed by atoms with E-state index in [4.69, 9.17) is 0 Å². The summed E-state index contributed by atoms with van der Waals surface area (Å²) in [5.74, 6) is 0. The molecule has 3 rings (SSSR count). The maximum atomic E-state index is 13.6. The lowest BCUT2D eigenvalue weighted by Gasteiger charge is -2.31. The zero-order valence-electron chi connectivity index (χ0n) is 11.5. The lowest BCUT2D eigenvalue weighted by molar-refractivity contribution is -0.248.